The maximum absolute atomic E-state index is 4.60. The van der Waals surface area contributed by atoms with Crippen LogP contribution in [0.5, 0.6) is 0 Å². The first-order valence-electron chi connectivity index (χ1n) is 7.23. The molecule has 120 valence electrons. The average Bonchev–Trinajstić information content (AvgIpc) is 3.00. The zero-order valence-corrected chi connectivity index (χ0v) is 16.2. The Morgan fingerprint density at radius 2 is 2.18 bits per heavy atom. The summed E-state index contributed by atoms with van der Waals surface area (Å²) in [6.07, 6.45) is 4.72. The number of thiophene rings is 1. The maximum atomic E-state index is 4.60. The van der Waals surface area contributed by atoms with Crippen molar-refractivity contribution in [2.75, 3.05) is 13.1 Å². The number of hydrogen-bond acceptors (Lipinski definition) is 3. The number of nitrogens with one attached hydrogen (secondary N) is 2. The molecular weight excluding hydrogens is 407 g/mol. The number of rotatable bonds is 6. The van der Waals surface area contributed by atoms with Crippen molar-refractivity contribution in [1.29, 1.82) is 0 Å². The third-order valence-electron chi connectivity index (χ3n) is 3.14. The molecule has 0 atom stereocenters. The standard InChI is InChI=1S/C16H22N4S.HI/c1-3-18-16(20-12-15-5-4-10-21-15)19-9-7-14-6-8-17-11-13(14)2;/h4-6,8,10-11H,3,7,9,12H2,1-2H3,(H2,18,19,20);1H. The van der Waals surface area contributed by atoms with E-state index in [2.05, 4.69) is 58.0 Å². The predicted octanol–water partition coefficient (Wildman–Crippen LogP) is 3.37. The minimum absolute atomic E-state index is 0. The summed E-state index contributed by atoms with van der Waals surface area (Å²) in [5.41, 5.74) is 2.56. The van der Waals surface area contributed by atoms with E-state index in [0.717, 1.165) is 32.0 Å². The molecule has 0 spiro atoms. The lowest BCUT2D eigenvalue weighted by Crippen LogP contribution is -2.38. The summed E-state index contributed by atoms with van der Waals surface area (Å²) in [4.78, 5) is 10.00. The third-order valence-corrected chi connectivity index (χ3v) is 4.00. The number of hydrogen-bond donors (Lipinski definition) is 2. The van der Waals surface area contributed by atoms with Crippen molar-refractivity contribution < 1.29 is 0 Å². The first-order valence-corrected chi connectivity index (χ1v) is 8.11. The lowest BCUT2D eigenvalue weighted by Gasteiger charge is -2.11. The summed E-state index contributed by atoms with van der Waals surface area (Å²) < 4.78 is 0. The second-order valence-corrected chi connectivity index (χ2v) is 5.79. The Morgan fingerprint density at radius 1 is 1.32 bits per heavy atom. The van der Waals surface area contributed by atoms with Crippen LogP contribution in [0.1, 0.15) is 22.9 Å². The van der Waals surface area contributed by atoms with Crippen LogP contribution in [0, 0.1) is 6.92 Å². The Kier molecular flexibility index (Phi) is 9.07. The smallest absolute Gasteiger partial charge is 0.191 e. The third kappa shape index (κ3) is 6.31. The zero-order valence-electron chi connectivity index (χ0n) is 13.0. The Balaban J connectivity index is 0.00000242. The summed E-state index contributed by atoms with van der Waals surface area (Å²) in [6.45, 7) is 6.63. The van der Waals surface area contributed by atoms with E-state index < -0.39 is 0 Å². The highest BCUT2D eigenvalue weighted by molar-refractivity contribution is 14.0. The molecule has 2 rings (SSSR count). The van der Waals surface area contributed by atoms with Gasteiger partial charge in [0.05, 0.1) is 6.54 Å². The predicted molar refractivity (Wildman–Crippen MR) is 105 cm³/mol. The number of aryl methyl sites for hydroxylation is 1. The number of aromatic nitrogens is 1. The second kappa shape index (κ2) is 10.6. The van der Waals surface area contributed by atoms with Gasteiger partial charge < -0.3 is 10.6 Å². The van der Waals surface area contributed by atoms with Crippen molar-refractivity contribution in [2.24, 2.45) is 4.99 Å². The fourth-order valence-electron chi connectivity index (χ4n) is 2.00. The van der Waals surface area contributed by atoms with Gasteiger partial charge in [0.25, 0.3) is 0 Å². The minimum atomic E-state index is 0. The number of nitrogens with zero attached hydrogens (tertiary/aromatic N) is 2. The van der Waals surface area contributed by atoms with E-state index in [0.29, 0.717) is 0 Å². The first-order chi connectivity index (χ1) is 10.3. The summed E-state index contributed by atoms with van der Waals surface area (Å²) in [5.74, 6) is 0.873. The lowest BCUT2D eigenvalue weighted by molar-refractivity contribution is 0.797. The monoisotopic (exact) mass is 430 g/mol. The van der Waals surface area contributed by atoms with Gasteiger partial charge in [0.2, 0.25) is 0 Å². The van der Waals surface area contributed by atoms with Gasteiger partial charge in [-0.05, 0) is 48.9 Å². The van der Waals surface area contributed by atoms with Gasteiger partial charge in [-0.25, -0.2) is 4.99 Å². The molecule has 2 aromatic heterocycles. The number of guanidine groups is 1. The van der Waals surface area contributed by atoms with E-state index in [4.69, 9.17) is 0 Å². The van der Waals surface area contributed by atoms with Gasteiger partial charge >= 0.3 is 0 Å². The fraction of sp³-hybridized carbons (Fsp3) is 0.375. The Bertz CT molecular complexity index is 569. The molecule has 0 aliphatic rings. The van der Waals surface area contributed by atoms with Crippen molar-refractivity contribution in [3.05, 3.63) is 52.0 Å². The molecule has 2 N–H and O–H groups in total. The van der Waals surface area contributed by atoms with Crippen molar-refractivity contribution in [1.82, 2.24) is 15.6 Å². The van der Waals surface area contributed by atoms with Crippen LogP contribution in [0.15, 0.2) is 41.0 Å². The largest absolute Gasteiger partial charge is 0.357 e. The van der Waals surface area contributed by atoms with Crippen LogP contribution in [0.2, 0.25) is 0 Å². The zero-order chi connectivity index (χ0) is 14.9. The molecule has 0 aromatic carbocycles. The number of pyridine rings is 1. The number of aliphatic imine (C=N–C) groups is 1. The van der Waals surface area contributed by atoms with Gasteiger partial charge in [0, 0.05) is 30.4 Å². The van der Waals surface area contributed by atoms with Crippen molar-refractivity contribution in [3.63, 3.8) is 0 Å². The lowest BCUT2D eigenvalue weighted by atomic mass is 10.1. The van der Waals surface area contributed by atoms with Crippen LogP contribution in [0.3, 0.4) is 0 Å². The van der Waals surface area contributed by atoms with Gasteiger partial charge in [0.1, 0.15) is 0 Å². The fourth-order valence-corrected chi connectivity index (χ4v) is 2.63. The molecule has 2 aromatic rings. The molecule has 0 aliphatic heterocycles. The Morgan fingerprint density at radius 3 is 2.86 bits per heavy atom. The highest BCUT2D eigenvalue weighted by Crippen LogP contribution is 2.09. The van der Waals surface area contributed by atoms with Gasteiger partial charge in [-0.1, -0.05) is 6.07 Å². The van der Waals surface area contributed by atoms with Gasteiger partial charge in [-0.15, -0.1) is 35.3 Å². The number of halogens is 1. The quantitative estimate of drug-likeness (QED) is 0.420. The minimum Gasteiger partial charge on any atom is -0.357 e. The SMILES string of the molecule is CCNC(=NCc1cccs1)NCCc1ccncc1C.I. The van der Waals surface area contributed by atoms with Crippen molar-refractivity contribution >= 4 is 41.3 Å². The molecule has 0 radical (unpaired) electrons. The van der Waals surface area contributed by atoms with E-state index in [-0.39, 0.29) is 24.0 Å². The summed E-state index contributed by atoms with van der Waals surface area (Å²) in [6, 6.07) is 6.24. The molecule has 6 heteroatoms. The van der Waals surface area contributed by atoms with E-state index in [1.165, 1.54) is 16.0 Å². The second-order valence-electron chi connectivity index (χ2n) is 4.75. The van der Waals surface area contributed by atoms with Gasteiger partial charge in [-0.2, -0.15) is 0 Å². The molecule has 0 unspecified atom stereocenters. The van der Waals surface area contributed by atoms with Crippen LogP contribution in [-0.4, -0.2) is 24.0 Å². The van der Waals surface area contributed by atoms with Crippen LogP contribution in [-0.2, 0) is 13.0 Å². The molecule has 4 nitrogen and oxygen atoms in total. The average molecular weight is 430 g/mol. The van der Waals surface area contributed by atoms with E-state index in [1.807, 2.05) is 12.4 Å². The molecular formula is C16H23IN4S. The topological polar surface area (TPSA) is 49.3 Å². The summed E-state index contributed by atoms with van der Waals surface area (Å²) >= 11 is 1.74. The first kappa shape index (κ1) is 18.9. The van der Waals surface area contributed by atoms with E-state index in [9.17, 15) is 0 Å². The molecule has 2 heterocycles. The van der Waals surface area contributed by atoms with Gasteiger partial charge in [0.15, 0.2) is 5.96 Å². The molecule has 0 fully saturated rings. The highest BCUT2D eigenvalue weighted by atomic mass is 127. The normalized spacial score (nSPS) is 10.9. The van der Waals surface area contributed by atoms with Gasteiger partial charge in [-0.3, -0.25) is 4.98 Å². The molecule has 0 saturated heterocycles. The van der Waals surface area contributed by atoms with E-state index >= 15 is 0 Å². The van der Waals surface area contributed by atoms with Crippen LogP contribution >= 0.6 is 35.3 Å². The maximum Gasteiger partial charge on any atom is 0.191 e. The molecule has 0 aliphatic carbocycles. The highest BCUT2D eigenvalue weighted by Gasteiger charge is 2.00. The molecule has 22 heavy (non-hydrogen) atoms. The van der Waals surface area contributed by atoms with Crippen LogP contribution in [0.4, 0.5) is 0 Å². The Hall–Kier alpha value is -1.15. The van der Waals surface area contributed by atoms with Crippen LogP contribution in [0.25, 0.3) is 0 Å². The molecule has 0 bridgehead atoms. The summed E-state index contributed by atoms with van der Waals surface area (Å²) in [7, 11) is 0. The molecule has 0 amide bonds. The van der Waals surface area contributed by atoms with Crippen LogP contribution < -0.4 is 10.6 Å². The van der Waals surface area contributed by atoms with Crippen molar-refractivity contribution in [2.45, 2.75) is 26.8 Å². The summed E-state index contributed by atoms with van der Waals surface area (Å²) in [5, 5.41) is 8.74. The Labute approximate surface area is 153 Å². The molecule has 0 saturated carbocycles. The van der Waals surface area contributed by atoms with E-state index in [1.54, 1.807) is 11.3 Å². The van der Waals surface area contributed by atoms with Crippen molar-refractivity contribution in [3.8, 4) is 0 Å².